The Morgan fingerprint density at radius 1 is 1.06 bits per heavy atom. The first-order chi connectivity index (χ1) is 15.5. The van der Waals surface area contributed by atoms with E-state index in [4.69, 9.17) is 9.47 Å². The van der Waals surface area contributed by atoms with Crippen LogP contribution in [0.3, 0.4) is 0 Å². The summed E-state index contributed by atoms with van der Waals surface area (Å²) < 4.78 is 10.5. The van der Waals surface area contributed by atoms with Gasteiger partial charge in [0.2, 0.25) is 0 Å². The number of hydrogen-bond donors (Lipinski definition) is 0. The average Bonchev–Trinajstić information content (AvgIpc) is 3.07. The van der Waals surface area contributed by atoms with Gasteiger partial charge in [0.05, 0.1) is 13.0 Å². The fourth-order valence-electron chi connectivity index (χ4n) is 7.61. The molecule has 0 aromatic rings. The summed E-state index contributed by atoms with van der Waals surface area (Å²) in [7, 11) is 0. The van der Waals surface area contributed by atoms with Gasteiger partial charge in [-0.1, -0.05) is 33.3 Å². The van der Waals surface area contributed by atoms with Crippen LogP contribution in [0, 0.1) is 40.4 Å². The topological polar surface area (TPSA) is 69.7 Å². The number of hydrogen-bond acceptors (Lipinski definition) is 5. The largest absolute Gasteiger partial charge is 0.463 e. The molecule has 0 aliphatic heterocycles. The predicted molar refractivity (Wildman–Crippen MR) is 126 cm³/mol. The summed E-state index contributed by atoms with van der Waals surface area (Å²) in [4.78, 5) is 35.7. The van der Waals surface area contributed by atoms with Crippen LogP contribution in [0.5, 0.6) is 0 Å². The first kappa shape index (κ1) is 24.5. The van der Waals surface area contributed by atoms with Gasteiger partial charge in [0.15, 0.2) is 12.4 Å². The van der Waals surface area contributed by atoms with E-state index >= 15 is 0 Å². The Hall–Kier alpha value is -1.65. The third-order valence-corrected chi connectivity index (χ3v) is 8.98. The van der Waals surface area contributed by atoms with E-state index in [9.17, 15) is 14.4 Å². The molecule has 0 N–H and O–H groups in total. The summed E-state index contributed by atoms with van der Waals surface area (Å²) in [5.41, 5.74) is 1.70. The quantitative estimate of drug-likeness (QED) is 0.481. The molecule has 0 amide bonds. The zero-order valence-corrected chi connectivity index (χ0v) is 21.0. The average molecular weight is 459 g/mol. The van der Waals surface area contributed by atoms with Crippen molar-refractivity contribution < 1.29 is 23.9 Å². The summed E-state index contributed by atoms with van der Waals surface area (Å²) in [6, 6.07) is 0. The van der Waals surface area contributed by atoms with Crippen LogP contribution in [-0.2, 0) is 23.9 Å². The Labute approximate surface area is 199 Å². The minimum absolute atomic E-state index is 0.153. The minimum atomic E-state index is -0.447. The molecule has 3 saturated carbocycles. The molecule has 0 unspecified atom stereocenters. The number of esters is 2. The lowest BCUT2D eigenvalue weighted by Crippen LogP contribution is -2.44. The maximum absolute atomic E-state index is 12.0. The van der Waals surface area contributed by atoms with Crippen LogP contribution in [0.25, 0.3) is 0 Å². The number of carbonyl (C=O) groups excluding carboxylic acids is 3. The van der Waals surface area contributed by atoms with Gasteiger partial charge in [0.1, 0.15) is 0 Å². The van der Waals surface area contributed by atoms with E-state index < -0.39 is 5.97 Å². The second-order valence-corrected chi connectivity index (χ2v) is 12.7. The SMILES string of the molecule is CC(C)(C)CC(=O)OCC(=O)OCC[C@H]1C[C@H]2[C@@H]3CCC4=CC(=O)CC[C@@H]4[C@H]3CC[C@]2(C)C1. The molecule has 0 bridgehead atoms. The van der Waals surface area contributed by atoms with Gasteiger partial charge in [-0.3, -0.25) is 9.59 Å². The molecule has 4 aliphatic rings. The van der Waals surface area contributed by atoms with Crippen molar-refractivity contribution in [1.29, 1.82) is 0 Å². The maximum atomic E-state index is 12.0. The summed E-state index contributed by atoms with van der Waals surface area (Å²) in [6.07, 6.45) is 12.4. The normalized spacial score (nSPS) is 35.7. The molecule has 0 saturated heterocycles. The molecular formula is C28H42O5. The molecule has 184 valence electrons. The molecule has 0 radical (unpaired) electrons. The van der Waals surface area contributed by atoms with Crippen LogP contribution in [0.4, 0.5) is 0 Å². The first-order valence-electron chi connectivity index (χ1n) is 13.1. The van der Waals surface area contributed by atoms with E-state index in [-0.39, 0.29) is 18.0 Å². The van der Waals surface area contributed by atoms with Crippen LogP contribution in [-0.4, -0.2) is 30.9 Å². The molecule has 0 aromatic carbocycles. The minimum Gasteiger partial charge on any atom is -0.463 e. The number of allylic oxidation sites excluding steroid dienone is 1. The lowest BCUT2D eigenvalue weighted by atomic mass is 9.52. The molecule has 5 nitrogen and oxygen atoms in total. The summed E-state index contributed by atoms with van der Waals surface area (Å²) >= 11 is 0. The molecule has 5 heteroatoms. The molecular weight excluding hydrogens is 416 g/mol. The van der Waals surface area contributed by atoms with Gasteiger partial charge in [0, 0.05) is 6.42 Å². The van der Waals surface area contributed by atoms with Gasteiger partial charge < -0.3 is 9.47 Å². The molecule has 0 heterocycles. The molecule has 0 aromatic heterocycles. The van der Waals surface area contributed by atoms with Crippen molar-refractivity contribution in [2.24, 2.45) is 40.4 Å². The fourth-order valence-corrected chi connectivity index (χ4v) is 7.61. The standard InChI is InChI=1S/C28H42O5/c1-27(2,3)16-25(30)33-17-26(31)32-12-10-18-13-24-23-7-5-19-14-20(29)6-8-21(19)22(23)9-11-28(24,4)15-18/h14,18,21-24H,5-13,15-17H2,1-4H3/t18-,21-,22+,23+,24-,28+/m0/s1. The van der Waals surface area contributed by atoms with Gasteiger partial charge in [-0.2, -0.15) is 0 Å². The third-order valence-electron chi connectivity index (χ3n) is 8.98. The fraction of sp³-hybridized carbons (Fsp3) is 0.821. The van der Waals surface area contributed by atoms with Crippen molar-refractivity contribution in [1.82, 2.24) is 0 Å². The molecule has 33 heavy (non-hydrogen) atoms. The lowest BCUT2D eigenvalue weighted by Gasteiger charge is -2.52. The van der Waals surface area contributed by atoms with E-state index in [1.807, 2.05) is 26.8 Å². The summed E-state index contributed by atoms with van der Waals surface area (Å²) in [5.74, 6) is 3.08. The van der Waals surface area contributed by atoms with Crippen molar-refractivity contribution in [2.75, 3.05) is 13.2 Å². The Morgan fingerprint density at radius 2 is 1.85 bits per heavy atom. The highest BCUT2D eigenvalue weighted by atomic mass is 16.6. The highest BCUT2D eigenvalue weighted by Crippen LogP contribution is 2.63. The van der Waals surface area contributed by atoms with Crippen molar-refractivity contribution in [3.63, 3.8) is 0 Å². The van der Waals surface area contributed by atoms with Gasteiger partial charge in [0.25, 0.3) is 0 Å². The molecule has 4 aliphatic carbocycles. The van der Waals surface area contributed by atoms with E-state index in [0.29, 0.717) is 36.1 Å². The summed E-state index contributed by atoms with van der Waals surface area (Å²) in [5, 5.41) is 0. The summed E-state index contributed by atoms with van der Waals surface area (Å²) in [6.45, 7) is 8.51. The van der Waals surface area contributed by atoms with E-state index in [1.165, 1.54) is 37.7 Å². The Balaban J connectivity index is 1.24. The smallest absolute Gasteiger partial charge is 0.344 e. The maximum Gasteiger partial charge on any atom is 0.344 e. The van der Waals surface area contributed by atoms with Crippen molar-refractivity contribution in [3.8, 4) is 0 Å². The van der Waals surface area contributed by atoms with Crippen molar-refractivity contribution in [2.45, 2.75) is 91.9 Å². The second-order valence-electron chi connectivity index (χ2n) is 12.7. The highest BCUT2D eigenvalue weighted by molar-refractivity contribution is 5.91. The van der Waals surface area contributed by atoms with Gasteiger partial charge >= 0.3 is 11.9 Å². The number of fused-ring (bicyclic) bond motifs is 5. The van der Waals surface area contributed by atoms with Gasteiger partial charge in [-0.25, -0.2) is 4.79 Å². The third kappa shape index (κ3) is 5.71. The molecule has 4 rings (SSSR count). The number of ketones is 1. The van der Waals surface area contributed by atoms with Gasteiger partial charge in [-0.15, -0.1) is 0 Å². The Bertz CT molecular complexity index is 806. The zero-order chi connectivity index (χ0) is 23.8. The monoisotopic (exact) mass is 458 g/mol. The van der Waals surface area contributed by atoms with Crippen LogP contribution >= 0.6 is 0 Å². The first-order valence-corrected chi connectivity index (χ1v) is 13.1. The number of rotatable bonds is 6. The molecule has 6 atom stereocenters. The van der Waals surface area contributed by atoms with E-state index in [0.717, 1.165) is 43.4 Å². The second kappa shape index (κ2) is 9.54. The molecule has 0 spiro atoms. The van der Waals surface area contributed by atoms with Crippen LogP contribution in [0.1, 0.15) is 91.9 Å². The van der Waals surface area contributed by atoms with Crippen LogP contribution < -0.4 is 0 Å². The van der Waals surface area contributed by atoms with Crippen molar-refractivity contribution >= 4 is 17.7 Å². The predicted octanol–water partition coefficient (Wildman–Crippen LogP) is 5.66. The zero-order valence-electron chi connectivity index (χ0n) is 21.0. The lowest BCUT2D eigenvalue weighted by molar-refractivity contribution is -0.160. The Kier molecular flexibility index (Phi) is 7.08. The van der Waals surface area contributed by atoms with Gasteiger partial charge in [-0.05, 0) is 97.9 Å². The van der Waals surface area contributed by atoms with E-state index in [1.54, 1.807) is 0 Å². The van der Waals surface area contributed by atoms with Crippen LogP contribution in [0.2, 0.25) is 0 Å². The number of ether oxygens (including phenoxy) is 2. The Morgan fingerprint density at radius 3 is 2.61 bits per heavy atom. The van der Waals surface area contributed by atoms with Crippen molar-refractivity contribution in [3.05, 3.63) is 11.6 Å². The highest BCUT2D eigenvalue weighted by Gasteiger charge is 2.54. The number of carbonyl (C=O) groups is 3. The van der Waals surface area contributed by atoms with Crippen LogP contribution in [0.15, 0.2) is 11.6 Å². The van der Waals surface area contributed by atoms with E-state index in [2.05, 4.69) is 6.92 Å². The molecule has 3 fully saturated rings.